The maximum absolute atomic E-state index is 12.3. The highest BCUT2D eigenvalue weighted by Crippen LogP contribution is 2.24. The van der Waals surface area contributed by atoms with E-state index in [2.05, 4.69) is 37.2 Å². The van der Waals surface area contributed by atoms with Crippen LogP contribution in [0.25, 0.3) is 0 Å². The molecule has 0 bridgehead atoms. The number of benzene rings is 1. The highest BCUT2D eigenvalue weighted by Gasteiger charge is 2.41. The van der Waals surface area contributed by atoms with E-state index < -0.39 is 17.4 Å². The third kappa shape index (κ3) is 3.39. The minimum Gasteiger partial charge on any atom is -0.480 e. The maximum atomic E-state index is 12.3. The van der Waals surface area contributed by atoms with Crippen LogP contribution in [0.1, 0.15) is 23.2 Å². The fraction of sp³-hybridized carbons (Fsp3) is 0.385. The Hall–Kier alpha value is -0.920. The van der Waals surface area contributed by atoms with Gasteiger partial charge in [-0.2, -0.15) is 0 Å². The van der Waals surface area contributed by atoms with Gasteiger partial charge in [0.1, 0.15) is 5.54 Å². The van der Waals surface area contributed by atoms with E-state index in [4.69, 9.17) is 4.74 Å². The number of ether oxygens (including phenoxy) is 1. The highest BCUT2D eigenvalue weighted by atomic mass is 79.9. The highest BCUT2D eigenvalue weighted by molar-refractivity contribution is 9.11. The molecule has 2 N–H and O–H groups in total. The van der Waals surface area contributed by atoms with Crippen molar-refractivity contribution in [3.05, 3.63) is 32.7 Å². The summed E-state index contributed by atoms with van der Waals surface area (Å²) in [7, 11) is 0. The van der Waals surface area contributed by atoms with E-state index in [9.17, 15) is 14.7 Å². The molecule has 0 unspecified atom stereocenters. The molecule has 1 fully saturated rings. The van der Waals surface area contributed by atoms with Crippen LogP contribution in [0.15, 0.2) is 27.1 Å². The van der Waals surface area contributed by atoms with E-state index in [0.717, 1.165) is 8.95 Å². The summed E-state index contributed by atoms with van der Waals surface area (Å²) in [5.74, 6) is -1.43. The molecule has 2 rings (SSSR count). The van der Waals surface area contributed by atoms with E-state index in [1.165, 1.54) is 0 Å². The van der Waals surface area contributed by atoms with Gasteiger partial charge in [-0.1, -0.05) is 31.9 Å². The van der Waals surface area contributed by atoms with Crippen molar-refractivity contribution in [3.8, 4) is 0 Å². The van der Waals surface area contributed by atoms with Crippen molar-refractivity contribution >= 4 is 43.7 Å². The zero-order valence-electron chi connectivity index (χ0n) is 10.5. The molecule has 1 heterocycles. The van der Waals surface area contributed by atoms with Crippen LogP contribution >= 0.6 is 31.9 Å². The molecular weight excluding hydrogens is 394 g/mol. The van der Waals surface area contributed by atoms with Crippen molar-refractivity contribution in [2.24, 2.45) is 0 Å². The van der Waals surface area contributed by atoms with Crippen molar-refractivity contribution in [2.45, 2.75) is 18.4 Å². The van der Waals surface area contributed by atoms with Crippen molar-refractivity contribution in [2.75, 3.05) is 13.2 Å². The second-order valence-corrected chi connectivity index (χ2v) is 6.44. The first kappa shape index (κ1) is 15.5. The first-order valence-corrected chi connectivity index (χ1v) is 7.61. The predicted octanol–water partition coefficient (Wildman–Crippen LogP) is 2.58. The molecule has 0 spiro atoms. The lowest BCUT2D eigenvalue weighted by Crippen LogP contribution is -2.57. The van der Waals surface area contributed by atoms with E-state index in [-0.39, 0.29) is 12.8 Å². The predicted molar refractivity (Wildman–Crippen MR) is 79.7 cm³/mol. The zero-order valence-corrected chi connectivity index (χ0v) is 13.7. The normalized spacial score (nSPS) is 17.5. The molecule has 5 nitrogen and oxygen atoms in total. The molecule has 7 heteroatoms. The Morgan fingerprint density at radius 2 is 1.70 bits per heavy atom. The number of hydrogen-bond donors (Lipinski definition) is 2. The number of aliphatic carboxylic acids is 1. The third-order valence-electron chi connectivity index (χ3n) is 3.23. The molecule has 0 saturated carbocycles. The summed E-state index contributed by atoms with van der Waals surface area (Å²) in [6, 6.07) is 5.10. The number of hydrogen-bond acceptors (Lipinski definition) is 3. The fourth-order valence-electron chi connectivity index (χ4n) is 2.09. The monoisotopic (exact) mass is 405 g/mol. The van der Waals surface area contributed by atoms with E-state index in [1.807, 2.05) is 0 Å². The second-order valence-electron chi connectivity index (χ2n) is 4.61. The number of carboxylic acid groups (broad SMARTS) is 1. The van der Waals surface area contributed by atoms with Gasteiger partial charge in [-0.05, 0) is 18.2 Å². The minimum atomic E-state index is -1.25. The SMILES string of the molecule is O=C(NC1(C(=O)O)CCOCC1)c1cc(Br)cc(Br)c1. The lowest BCUT2D eigenvalue weighted by Gasteiger charge is -2.33. The maximum Gasteiger partial charge on any atom is 0.329 e. The number of halogens is 2. The molecule has 1 aromatic carbocycles. The van der Waals surface area contributed by atoms with Gasteiger partial charge in [0.15, 0.2) is 0 Å². The van der Waals surface area contributed by atoms with Gasteiger partial charge in [0.2, 0.25) is 0 Å². The van der Waals surface area contributed by atoms with Gasteiger partial charge in [-0.15, -0.1) is 0 Å². The fourth-order valence-corrected chi connectivity index (χ4v) is 3.38. The molecule has 1 aromatic rings. The van der Waals surface area contributed by atoms with Gasteiger partial charge in [-0.3, -0.25) is 4.79 Å². The average molecular weight is 407 g/mol. The smallest absolute Gasteiger partial charge is 0.329 e. The topological polar surface area (TPSA) is 75.6 Å². The summed E-state index contributed by atoms with van der Waals surface area (Å²) >= 11 is 6.61. The number of rotatable bonds is 3. The lowest BCUT2D eigenvalue weighted by atomic mass is 9.89. The molecule has 0 radical (unpaired) electrons. The summed E-state index contributed by atoms with van der Waals surface area (Å²) in [5, 5.41) is 12.0. The molecule has 1 aliphatic heterocycles. The minimum absolute atomic E-state index is 0.267. The quantitative estimate of drug-likeness (QED) is 0.808. The van der Waals surface area contributed by atoms with Gasteiger partial charge >= 0.3 is 5.97 Å². The Kier molecular flexibility index (Phi) is 4.82. The van der Waals surface area contributed by atoms with Crippen molar-refractivity contribution < 1.29 is 19.4 Å². The Bertz CT molecular complexity index is 521. The molecule has 1 saturated heterocycles. The largest absolute Gasteiger partial charge is 0.480 e. The third-order valence-corrected chi connectivity index (χ3v) is 4.15. The first-order chi connectivity index (χ1) is 9.43. The van der Waals surface area contributed by atoms with Crippen LogP contribution < -0.4 is 5.32 Å². The number of nitrogens with one attached hydrogen (secondary N) is 1. The number of carbonyl (C=O) groups is 2. The molecular formula is C13H13Br2NO4. The lowest BCUT2D eigenvalue weighted by molar-refractivity contribution is -0.148. The Balaban J connectivity index is 2.22. The summed E-state index contributed by atoms with van der Waals surface area (Å²) in [5.41, 5.74) is -0.845. The van der Waals surface area contributed by atoms with E-state index >= 15 is 0 Å². The van der Waals surface area contributed by atoms with Crippen molar-refractivity contribution in [3.63, 3.8) is 0 Å². The van der Waals surface area contributed by atoms with Crippen molar-refractivity contribution in [1.29, 1.82) is 0 Å². The van der Waals surface area contributed by atoms with Crippen LogP contribution in [0.4, 0.5) is 0 Å². The number of amides is 1. The number of carbonyl (C=O) groups excluding carboxylic acids is 1. The summed E-state index contributed by atoms with van der Waals surface area (Å²) in [4.78, 5) is 23.8. The zero-order chi connectivity index (χ0) is 14.8. The van der Waals surface area contributed by atoms with E-state index in [1.54, 1.807) is 18.2 Å². The average Bonchev–Trinajstić information content (AvgIpc) is 2.38. The molecule has 20 heavy (non-hydrogen) atoms. The van der Waals surface area contributed by atoms with Crippen LogP contribution in [-0.2, 0) is 9.53 Å². The van der Waals surface area contributed by atoms with Gasteiger partial charge < -0.3 is 15.2 Å². The van der Waals surface area contributed by atoms with Gasteiger partial charge in [-0.25, -0.2) is 4.79 Å². The van der Waals surface area contributed by atoms with Crippen LogP contribution in [0.2, 0.25) is 0 Å². The molecule has 0 aromatic heterocycles. The summed E-state index contributed by atoms with van der Waals surface area (Å²) < 4.78 is 6.66. The second kappa shape index (κ2) is 6.24. The van der Waals surface area contributed by atoms with Crippen LogP contribution in [0.5, 0.6) is 0 Å². The molecule has 0 aliphatic carbocycles. The van der Waals surface area contributed by atoms with Crippen molar-refractivity contribution in [1.82, 2.24) is 5.32 Å². The molecule has 1 aliphatic rings. The van der Waals surface area contributed by atoms with E-state index in [0.29, 0.717) is 18.8 Å². The molecule has 1 amide bonds. The van der Waals surface area contributed by atoms with Gasteiger partial charge in [0.25, 0.3) is 5.91 Å². The molecule has 108 valence electrons. The van der Waals surface area contributed by atoms with Gasteiger partial charge in [0, 0.05) is 40.6 Å². The van der Waals surface area contributed by atoms with Gasteiger partial charge in [0.05, 0.1) is 0 Å². The Morgan fingerprint density at radius 3 is 2.20 bits per heavy atom. The standard InChI is InChI=1S/C13H13Br2NO4/c14-9-5-8(6-10(15)7-9)11(17)16-13(12(18)19)1-3-20-4-2-13/h5-7H,1-4H2,(H,16,17)(H,18,19). The Morgan fingerprint density at radius 1 is 1.15 bits per heavy atom. The summed E-state index contributed by atoms with van der Waals surface area (Å²) in [6.07, 6.45) is 0.534. The molecule has 0 atom stereocenters. The first-order valence-electron chi connectivity index (χ1n) is 6.03. The summed E-state index contributed by atoms with van der Waals surface area (Å²) in [6.45, 7) is 0.656. The number of carboxylic acids is 1. The Labute approximate surface area is 132 Å². The van der Waals surface area contributed by atoms with Crippen LogP contribution in [0.3, 0.4) is 0 Å². The van der Waals surface area contributed by atoms with Crippen LogP contribution in [0, 0.1) is 0 Å². The van der Waals surface area contributed by atoms with Crippen LogP contribution in [-0.4, -0.2) is 35.7 Å².